The van der Waals surface area contributed by atoms with Crippen LogP contribution in [0.1, 0.15) is 30.7 Å². The summed E-state index contributed by atoms with van der Waals surface area (Å²) >= 11 is 0. The second kappa shape index (κ2) is 14.5. The van der Waals surface area contributed by atoms with E-state index in [0.29, 0.717) is 65.1 Å². The molecule has 0 bridgehead atoms. The van der Waals surface area contributed by atoms with Crippen LogP contribution < -0.4 is 0 Å². The summed E-state index contributed by atoms with van der Waals surface area (Å²) < 4.78 is 3.45. The fourth-order valence-corrected chi connectivity index (χ4v) is 2.86. The summed E-state index contributed by atoms with van der Waals surface area (Å²) in [5.41, 5.74) is 1.64. The monoisotopic (exact) mass is 438 g/mol. The van der Waals surface area contributed by atoms with Gasteiger partial charge in [0.15, 0.2) is 0 Å². The third kappa shape index (κ3) is 9.91. The van der Waals surface area contributed by atoms with Crippen LogP contribution in [0.15, 0.2) is 22.7 Å². The van der Waals surface area contributed by atoms with Crippen molar-refractivity contribution in [2.45, 2.75) is 45.4 Å². The van der Waals surface area contributed by atoms with Gasteiger partial charge in [0.25, 0.3) is 0 Å². The Morgan fingerprint density at radius 2 is 1.39 bits per heavy atom. The van der Waals surface area contributed by atoms with Crippen LogP contribution in [0.2, 0.25) is 0 Å². The maximum Gasteiger partial charge on any atom is 0.0967 e. The maximum atomic E-state index is 8.97. The van der Waals surface area contributed by atoms with Gasteiger partial charge in [-0.1, -0.05) is 15.7 Å². The van der Waals surface area contributed by atoms with Crippen molar-refractivity contribution >= 4 is 0 Å². The minimum Gasteiger partial charge on any atom is -0.396 e. The molecule has 13 nitrogen and oxygen atoms in total. The summed E-state index contributed by atoms with van der Waals surface area (Å²) in [4.78, 5) is 2.15. The predicted molar refractivity (Wildman–Crippen MR) is 112 cm³/mol. The second-order valence-corrected chi connectivity index (χ2v) is 7.22. The molecule has 174 valence electrons. The van der Waals surface area contributed by atoms with Crippen molar-refractivity contribution in [3.8, 4) is 0 Å². The zero-order valence-electron chi connectivity index (χ0n) is 18.2. The van der Waals surface area contributed by atoms with Crippen LogP contribution in [-0.4, -0.2) is 102 Å². The summed E-state index contributed by atoms with van der Waals surface area (Å²) in [6.07, 6.45) is 5.68. The molecule has 0 radical (unpaired) electrons. The SMILES string of the molecule is CN(CCCO)N=NCCN(Cc1cn(CCCO)nn1)Cc1cn(CCCO)nn1. The fraction of sp³-hybridized carbons (Fsp3) is 0.778. The lowest BCUT2D eigenvalue weighted by Gasteiger charge is -2.18. The third-order valence-corrected chi connectivity index (χ3v) is 4.41. The van der Waals surface area contributed by atoms with E-state index >= 15 is 0 Å². The summed E-state index contributed by atoms with van der Waals surface area (Å²) in [6.45, 7) is 4.54. The van der Waals surface area contributed by atoms with Crippen molar-refractivity contribution in [2.75, 3.05) is 46.5 Å². The van der Waals surface area contributed by atoms with Gasteiger partial charge in [-0.25, -0.2) is 0 Å². The van der Waals surface area contributed by atoms with Gasteiger partial charge in [-0.2, -0.15) is 5.11 Å². The van der Waals surface area contributed by atoms with E-state index < -0.39 is 0 Å². The van der Waals surface area contributed by atoms with Gasteiger partial charge in [0.1, 0.15) is 0 Å². The molecule has 0 aliphatic rings. The topological polar surface area (TPSA) is 153 Å². The Morgan fingerprint density at radius 1 is 0.839 bits per heavy atom. The Morgan fingerprint density at radius 3 is 1.90 bits per heavy atom. The molecule has 2 rings (SSSR count). The van der Waals surface area contributed by atoms with E-state index in [1.807, 2.05) is 19.4 Å². The molecule has 0 aliphatic heterocycles. The molecule has 2 heterocycles. The van der Waals surface area contributed by atoms with E-state index in [9.17, 15) is 0 Å². The lowest BCUT2D eigenvalue weighted by atomic mass is 10.3. The van der Waals surface area contributed by atoms with Crippen molar-refractivity contribution in [1.29, 1.82) is 0 Å². The van der Waals surface area contributed by atoms with Gasteiger partial charge in [0, 0.05) is 78.5 Å². The standard InChI is InChI=1S/C18H34N10O3/c1-25(6-2-10-29)22-19-5-9-26(13-17-15-27(23-20-17)7-3-11-30)14-18-16-28(24-21-18)8-4-12-31/h15-16,29-31H,2-14H2,1H3. The molecule has 0 atom stereocenters. The number of aryl methyl sites for hydroxylation is 2. The normalized spacial score (nSPS) is 11.8. The number of hydrogen-bond acceptors (Lipinski definition) is 10. The van der Waals surface area contributed by atoms with Crippen molar-refractivity contribution in [1.82, 2.24) is 39.9 Å². The molecule has 0 saturated carbocycles. The fourth-order valence-electron chi connectivity index (χ4n) is 2.86. The Hall–Kier alpha value is -2.48. The molecule has 2 aromatic heterocycles. The van der Waals surface area contributed by atoms with Gasteiger partial charge in [0.05, 0.1) is 17.9 Å². The van der Waals surface area contributed by atoms with Crippen molar-refractivity contribution < 1.29 is 15.3 Å². The largest absolute Gasteiger partial charge is 0.396 e. The zero-order valence-corrected chi connectivity index (χ0v) is 18.2. The molecule has 0 unspecified atom stereocenters. The Bertz CT molecular complexity index is 702. The van der Waals surface area contributed by atoms with E-state index in [1.54, 1.807) is 14.4 Å². The first-order chi connectivity index (χ1) is 15.1. The number of nitrogens with zero attached hydrogens (tertiary/aromatic N) is 10. The molecule has 0 fully saturated rings. The first kappa shape index (κ1) is 24.8. The highest BCUT2D eigenvalue weighted by Gasteiger charge is 2.12. The van der Waals surface area contributed by atoms with Crippen LogP contribution in [-0.2, 0) is 26.2 Å². The predicted octanol–water partition coefficient (Wildman–Crippen LogP) is -0.682. The highest BCUT2D eigenvalue weighted by atomic mass is 16.3. The molecule has 0 amide bonds. The highest BCUT2D eigenvalue weighted by Crippen LogP contribution is 2.07. The summed E-state index contributed by atoms with van der Waals surface area (Å²) in [7, 11) is 1.83. The molecular weight excluding hydrogens is 404 g/mol. The zero-order chi connectivity index (χ0) is 22.3. The van der Waals surface area contributed by atoms with E-state index in [1.165, 1.54) is 0 Å². The quantitative estimate of drug-likeness (QED) is 0.215. The molecular formula is C18H34N10O3. The second-order valence-electron chi connectivity index (χ2n) is 7.22. The van der Waals surface area contributed by atoms with Crippen LogP contribution in [0.25, 0.3) is 0 Å². The maximum absolute atomic E-state index is 8.97. The van der Waals surface area contributed by atoms with Gasteiger partial charge < -0.3 is 15.3 Å². The number of hydrogen-bond donors (Lipinski definition) is 3. The summed E-state index contributed by atoms with van der Waals surface area (Å²) in [5, 5.41) is 53.5. The summed E-state index contributed by atoms with van der Waals surface area (Å²) in [5.74, 6) is 0. The van der Waals surface area contributed by atoms with Crippen LogP contribution in [0.4, 0.5) is 0 Å². The van der Waals surface area contributed by atoms with E-state index in [0.717, 1.165) is 11.4 Å². The van der Waals surface area contributed by atoms with Gasteiger partial charge in [-0.15, -0.1) is 10.2 Å². The Labute approximate surface area is 182 Å². The lowest BCUT2D eigenvalue weighted by Crippen LogP contribution is -2.26. The van der Waals surface area contributed by atoms with Crippen molar-refractivity contribution in [3.05, 3.63) is 23.8 Å². The average molecular weight is 439 g/mol. The summed E-state index contributed by atoms with van der Waals surface area (Å²) in [6, 6.07) is 0. The van der Waals surface area contributed by atoms with Gasteiger partial charge in [-0.05, 0) is 19.3 Å². The van der Waals surface area contributed by atoms with Crippen LogP contribution >= 0.6 is 0 Å². The average Bonchev–Trinajstić information content (AvgIpc) is 3.41. The third-order valence-electron chi connectivity index (χ3n) is 4.41. The minimum absolute atomic E-state index is 0.116. The molecule has 2 aromatic rings. The number of aromatic nitrogens is 6. The van der Waals surface area contributed by atoms with Gasteiger partial charge in [-0.3, -0.25) is 19.3 Å². The van der Waals surface area contributed by atoms with Crippen molar-refractivity contribution in [3.63, 3.8) is 0 Å². The molecule has 0 saturated heterocycles. The Kier molecular flexibility index (Phi) is 11.6. The first-order valence-corrected chi connectivity index (χ1v) is 10.6. The number of aliphatic hydroxyl groups is 3. The van der Waals surface area contributed by atoms with E-state index in [-0.39, 0.29) is 19.8 Å². The van der Waals surface area contributed by atoms with Crippen LogP contribution in [0, 0.1) is 0 Å². The van der Waals surface area contributed by atoms with Gasteiger partial charge >= 0.3 is 0 Å². The molecule has 31 heavy (non-hydrogen) atoms. The minimum atomic E-state index is 0.116. The lowest BCUT2D eigenvalue weighted by molar-refractivity contribution is 0.236. The highest BCUT2D eigenvalue weighted by molar-refractivity contribution is 4.96. The van der Waals surface area contributed by atoms with Crippen molar-refractivity contribution in [2.24, 2.45) is 10.3 Å². The van der Waals surface area contributed by atoms with E-state index in [4.69, 9.17) is 15.3 Å². The smallest absolute Gasteiger partial charge is 0.0967 e. The number of rotatable bonds is 17. The molecule has 0 spiro atoms. The van der Waals surface area contributed by atoms with E-state index in [2.05, 4.69) is 35.9 Å². The van der Waals surface area contributed by atoms with Crippen LogP contribution in [0.5, 0.6) is 0 Å². The molecule has 0 aliphatic carbocycles. The van der Waals surface area contributed by atoms with Gasteiger partial charge in [0.2, 0.25) is 0 Å². The molecule has 0 aromatic carbocycles. The molecule has 3 N–H and O–H groups in total. The Balaban J connectivity index is 1.94. The van der Waals surface area contributed by atoms with Crippen LogP contribution in [0.3, 0.4) is 0 Å². The number of aliphatic hydroxyl groups excluding tert-OH is 3. The first-order valence-electron chi connectivity index (χ1n) is 10.6. The molecule has 13 heteroatoms.